The molecule has 0 amide bonds. The number of carboxylic acids is 1. The molecule has 3 N–H and O–H groups in total. The van der Waals surface area contributed by atoms with Gasteiger partial charge in [0, 0.05) is 11.8 Å². The van der Waals surface area contributed by atoms with Crippen molar-refractivity contribution < 1.29 is 15.0 Å². The van der Waals surface area contributed by atoms with Crippen LogP contribution in [-0.4, -0.2) is 42.5 Å². The van der Waals surface area contributed by atoms with Gasteiger partial charge in [-0.15, -0.1) is 0 Å². The molecule has 0 aliphatic carbocycles. The largest absolute Gasteiger partial charge is 0.478 e. The van der Waals surface area contributed by atoms with Crippen molar-refractivity contribution in [3.8, 4) is 11.3 Å². The molecule has 0 saturated heterocycles. The molecule has 2 heterocycles. The summed E-state index contributed by atoms with van der Waals surface area (Å²) < 4.78 is 1.57. The first-order chi connectivity index (χ1) is 12.1. The molecule has 0 atom stereocenters. The Balaban J connectivity index is 1.94. The highest BCUT2D eigenvalue weighted by Gasteiger charge is 2.16. The molecule has 3 aromatic rings. The maximum absolute atomic E-state index is 11.4. The number of benzene rings is 1. The van der Waals surface area contributed by atoms with Gasteiger partial charge in [-0.3, -0.25) is 4.68 Å². The lowest BCUT2D eigenvalue weighted by molar-refractivity contribution is 0.0697. The highest BCUT2D eigenvalue weighted by molar-refractivity contribution is 6.33. The van der Waals surface area contributed by atoms with Gasteiger partial charge in [-0.05, 0) is 6.07 Å². The van der Waals surface area contributed by atoms with Gasteiger partial charge in [-0.25, -0.2) is 14.8 Å². The summed E-state index contributed by atoms with van der Waals surface area (Å²) in [7, 11) is 0. The minimum Gasteiger partial charge on any atom is -0.478 e. The normalized spacial score (nSPS) is 10.6. The minimum absolute atomic E-state index is 0.0192. The SMILES string of the molecule is O=C(O)c1ccccc1-c1nc(Nc2cnn(CCO)c2)ncc1Cl. The molecule has 0 saturated carbocycles. The van der Waals surface area contributed by atoms with Crippen LogP contribution in [-0.2, 0) is 6.54 Å². The third-order valence-corrected chi connectivity index (χ3v) is 3.65. The van der Waals surface area contributed by atoms with E-state index >= 15 is 0 Å². The van der Waals surface area contributed by atoms with E-state index in [0.717, 1.165) is 0 Å². The summed E-state index contributed by atoms with van der Waals surface area (Å²) >= 11 is 6.17. The van der Waals surface area contributed by atoms with Gasteiger partial charge in [0.2, 0.25) is 5.95 Å². The van der Waals surface area contributed by atoms with Crippen LogP contribution in [0.2, 0.25) is 5.02 Å². The molecular formula is C16H14ClN5O3. The summed E-state index contributed by atoms with van der Waals surface area (Å²) in [5.74, 6) is -0.812. The van der Waals surface area contributed by atoms with E-state index < -0.39 is 5.97 Å². The van der Waals surface area contributed by atoms with Gasteiger partial charge in [-0.1, -0.05) is 29.8 Å². The molecule has 0 fully saturated rings. The van der Waals surface area contributed by atoms with E-state index in [1.807, 2.05) is 0 Å². The minimum atomic E-state index is -1.06. The lowest BCUT2D eigenvalue weighted by atomic mass is 10.0. The summed E-state index contributed by atoms with van der Waals surface area (Å²) in [6.07, 6.45) is 4.67. The Labute approximate surface area is 147 Å². The van der Waals surface area contributed by atoms with Crippen LogP contribution in [0.25, 0.3) is 11.3 Å². The third kappa shape index (κ3) is 3.76. The quantitative estimate of drug-likeness (QED) is 0.619. The summed E-state index contributed by atoms with van der Waals surface area (Å²) in [6, 6.07) is 6.48. The van der Waals surface area contributed by atoms with Crippen LogP contribution < -0.4 is 5.32 Å². The first kappa shape index (κ1) is 16.9. The number of halogens is 1. The molecule has 1 aromatic carbocycles. The molecule has 0 radical (unpaired) electrons. The van der Waals surface area contributed by atoms with Crippen molar-refractivity contribution in [3.05, 3.63) is 53.4 Å². The maximum Gasteiger partial charge on any atom is 0.336 e. The number of hydrogen-bond acceptors (Lipinski definition) is 6. The molecular weight excluding hydrogens is 346 g/mol. The Morgan fingerprint density at radius 3 is 2.84 bits per heavy atom. The number of carbonyl (C=O) groups is 1. The predicted molar refractivity (Wildman–Crippen MR) is 92.0 cm³/mol. The zero-order valence-corrected chi connectivity index (χ0v) is 13.7. The number of anilines is 2. The average molecular weight is 360 g/mol. The van der Waals surface area contributed by atoms with Crippen LogP contribution in [0, 0.1) is 0 Å². The number of nitrogens with zero attached hydrogens (tertiary/aromatic N) is 4. The lowest BCUT2D eigenvalue weighted by Crippen LogP contribution is -2.03. The molecule has 3 rings (SSSR count). The van der Waals surface area contributed by atoms with Crippen LogP contribution in [0.4, 0.5) is 11.6 Å². The van der Waals surface area contributed by atoms with Crippen molar-refractivity contribution in [1.82, 2.24) is 19.7 Å². The summed E-state index contributed by atoms with van der Waals surface area (Å²) in [5.41, 5.74) is 1.46. The van der Waals surface area contributed by atoms with E-state index in [0.29, 0.717) is 23.5 Å². The van der Waals surface area contributed by atoms with E-state index in [4.69, 9.17) is 16.7 Å². The van der Waals surface area contributed by atoms with Crippen molar-refractivity contribution in [3.63, 3.8) is 0 Å². The first-order valence-corrected chi connectivity index (χ1v) is 7.72. The van der Waals surface area contributed by atoms with Crippen molar-refractivity contribution in [1.29, 1.82) is 0 Å². The summed E-state index contributed by atoms with van der Waals surface area (Å²) in [6.45, 7) is 0.356. The number of nitrogens with one attached hydrogen (secondary N) is 1. The Morgan fingerprint density at radius 2 is 2.08 bits per heavy atom. The zero-order valence-electron chi connectivity index (χ0n) is 12.9. The topological polar surface area (TPSA) is 113 Å². The second kappa shape index (κ2) is 7.29. The molecule has 9 heteroatoms. The number of aromatic carboxylic acids is 1. The van der Waals surface area contributed by atoms with E-state index in [9.17, 15) is 9.90 Å². The summed E-state index contributed by atoms with van der Waals surface area (Å²) in [5, 5.41) is 25.5. The molecule has 128 valence electrons. The van der Waals surface area contributed by atoms with Crippen LogP contribution in [0.1, 0.15) is 10.4 Å². The number of aliphatic hydroxyl groups excluding tert-OH is 1. The van der Waals surface area contributed by atoms with E-state index in [1.165, 1.54) is 12.3 Å². The fourth-order valence-corrected chi connectivity index (χ4v) is 2.47. The van der Waals surface area contributed by atoms with E-state index in [1.54, 1.807) is 35.3 Å². The van der Waals surface area contributed by atoms with Crippen LogP contribution in [0.15, 0.2) is 42.9 Å². The van der Waals surface area contributed by atoms with E-state index in [2.05, 4.69) is 20.4 Å². The summed E-state index contributed by atoms with van der Waals surface area (Å²) in [4.78, 5) is 19.8. The second-order valence-corrected chi connectivity index (χ2v) is 5.49. The smallest absolute Gasteiger partial charge is 0.336 e. The highest BCUT2D eigenvalue weighted by Crippen LogP contribution is 2.29. The third-order valence-electron chi connectivity index (χ3n) is 3.38. The predicted octanol–water partition coefficient (Wildman–Crippen LogP) is 2.43. The lowest BCUT2D eigenvalue weighted by Gasteiger charge is -2.09. The Morgan fingerprint density at radius 1 is 1.28 bits per heavy atom. The van der Waals surface area contributed by atoms with Crippen LogP contribution >= 0.6 is 11.6 Å². The average Bonchev–Trinajstić information content (AvgIpc) is 3.04. The number of rotatable bonds is 6. The number of carboxylic acid groups (broad SMARTS) is 1. The second-order valence-electron chi connectivity index (χ2n) is 5.08. The van der Waals surface area contributed by atoms with Crippen molar-refractivity contribution in [2.75, 3.05) is 11.9 Å². The van der Waals surface area contributed by atoms with Crippen molar-refractivity contribution in [2.45, 2.75) is 6.54 Å². The maximum atomic E-state index is 11.4. The molecule has 2 aromatic heterocycles. The van der Waals surface area contributed by atoms with Gasteiger partial charge in [-0.2, -0.15) is 5.10 Å². The number of aliphatic hydroxyl groups is 1. The fraction of sp³-hybridized carbons (Fsp3) is 0.125. The van der Waals surface area contributed by atoms with Crippen LogP contribution in [0.5, 0.6) is 0 Å². The highest BCUT2D eigenvalue weighted by atomic mass is 35.5. The first-order valence-electron chi connectivity index (χ1n) is 7.34. The van der Waals surface area contributed by atoms with E-state index in [-0.39, 0.29) is 23.1 Å². The monoisotopic (exact) mass is 359 g/mol. The van der Waals surface area contributed by atoms with Gasteiger partial charge in [0.15, 0.2) is 0 Å². The molecule has 0 aliphatic rings. The molecule has 0 spiro atoms. The number of hydrogen-bond donors (Lipinski definition) is 3. The van der Waals surface area contributed by atoms with Gasteiger partial charge < -0.3 is 15.5 Å². The molecule has 8 nitrogen and oxygen atoms in total. The Kier molecular flexibility index (Phi) is 4.92. The van der Waals surface area contributed by atoms with Crippen molar-refractivity contribution >= 4 is 29.2 Å². The van der Waals surface area contributed by atoms with Gasteiger partial charge in [0.05, 0.1) is 47.5 Å². The standard InChI is InChI=1S/C16H14ClN5O3/c17-13-8-18-16(20-10-7-19-22(9-10)5-6-23)21-14(13)11-3-1-2-4-12(11)15(24)25/h1-4,7-9,23H,5-6H2,(H,24,25)(H,18,20,21). The fourth-order valence-electron chi connectivity index (χ4n) is 2.27. The Hall–Kier alpha value is -2.97. The molecule has 0 unspecified atom stereocenters. The Bertz CT molecular complexity index is 912. The van der Waals surface area contributed by atoms with Gasteiger partial charge in [0.25, 0.3) is 0 Å². The van der Waals surface area contributed by atoms with Crippen LogP contribution in [0.3, 0.4) is 0 Å². The van der Waals surface area contributed by atoms with Gasteiger partial charge >= 0.3 is 5.97 Å². The molecule has 0 aliphatic heterocycles. The van der Waals surface area contributed by atoms with Gasteiger partial charge in [0.1, 0.15) is 0 Å². The molecule has 0 bridgehead atoms. The van der Waals surface area contributed by atoms with Crippen molar-refractivity contribution in [2.24, 2.45) is 0 Å². The number of aromatic nitrogens is 4. The zero-order chi connectivity index (χ0) is 17.8. The molecule has 25 heavy (non-hydrogen) atoms.